The molecule has 1 aromatic heterocycles. The maximum atomic E-state index is 12.4. The Bertz CT molecular complexity index is 475. The molecule has 4 nitrogen and oxygen atoms in total. The number of hydrogen-bond acceptors (Lipinski definition) is 3. The number of methoxy groups -OCH3 is 1. The third kappa shape index (κ3) is 3.21. The lowest BCUT2D eigenvalue weighted by Crippen LogP contribution is -2.42. The standard InChI is InChI=1S/C13H18BrClN2O2/c1-7-12(15)11(14)13(17-7)9(18)5-8-3-4-16-6-10(8)19-2/h8,10,16-17H,3-6H2,1-2H3/t8-,10-/m0/s1. The van der Waals surface area contributed by atoms with Gasteiger partial charge in [0.15, 0.2) is 5.78 Å². The van der Waals surface area contributed by atoms with Crippen molar-refractivity contribution in [3.8, 4) is 0 Å². The predicted molar refractivity (Wildman–Crippen MR) is 79.0 cm³/mol. The van der Waals surface area contributed by atoms with Crippen LogP contribution in [0.2, 0.25) is 5.02 Å². The van der Waals surface area contributed by atoms with Crippen LogP contribution in [0, 0.1) is 12.8 Å². The van der Waals surface area contributed by atoms with E-state index in [2.05, 4.69) is 26.2 Å². The van der Waals surface area contributed by atoms with Gasteiger partial charge in [-0.1, -0.05) is 11.6 Å². The van der Waals surface area contributed by atoms with E-state index in [9.17, 15) is 4.79 Å². The highest BCUT2D eigenvalue weighted by Crippen LogP contribution is 2.31. The first-order chi connectivity index (χ1) is 9.04. The van der Waals surface area contributed by atoms with E-state index in [1.54, 1.807) is 7.11 Å². The fraction of sp³-hybridized carbons (Fsp3) is 0.615. The zero-order valence-corrected chi connectivity index (χ0v) is 13.4. The molecule has 2 heterocycles. The number of rotatable bonds is 4. The minimum Gasteiger partial charge on any atom is -0.380 e. The topological polar surface area (TPSA) is 54.1 Å². The summed E-state index contributed by atoms with van der Waals surface area (Å²) >= 11 is 9.45. The number of nitrogens with one attached hydrogen (secondary N) is 2. The van der Waals surface area contributed by atoms with Gasteiger partial charge in [0.2, 0.25) is 0 Å². The number of Topliss-reactive ketones (excluding diaryl/α,β-unsaturated/α-hetero) is 1. The molecule has 0 unspecified atom stereocenters. The Kier molecular flexibility index (Phi) is 5.06. The molecule has 0 aliphatic carbocycles. The third-order valence-electron chi connectivity index (χ3n) is 3.65. The lowest BCUT2D eigenvalue weighted by Gasteiger charge is -2.30. The van der Waals surface area contributed by atoms with Gasteiger partial charge >= 0.3 is 0 Å². The van der Waals surface area contributed by atoms with Crippen molar-refractivity contribution in [2.45, 2.75) is 25.9 Å². The monoisotopic (exact) mass is 348 g/mol. The molecule has 0 radical (unpaired) electrons. The van der Waals surface area contributed by atoms with Crippen LogP contribution in [-0.2, 0) is 4.74 Å². The average Bonchev–Trinajstić information content (AvgIpc) is 2.67. The first-order valence-electron chi connectivity index (χ1n) is 6.34. The second-order valence-corrected chi connectivity index (χ2v) is 6.08. The molecule has 1 fully saturated rings. The Balaban J connectivity index is 2.09. The van der Waals surface area contributed by atoms with E-state index >= 15 is 0 Å². The van der Waals surface area contributed by atoms with Crippen LogP contribution in [0.15, 0.2) is 4.47 Å². The van der Waals surface area contributed by atoms with Crippen LogP contribution in [0.3, 0.4) is 0 Å². The largest absolute Gasteiger partial charge is 0.380 e. The number of aromatic amines is 1. The van der Waals surface area contributed by atoms with E-state index in [4.69, 9.17) is 16.3 Å². The molecule has 1 aliphatic rings. The van der Waals surface area contributed by atoms with E-state index < -0.39 is 0 Å². The van der Waals surface area contributed by atoms with Gasteiger partial charge < -0.3 is 15.0 Å². The summed E-state index contributed by atoms with van der Waals surface area (Å²) in [6, 6.07) is 0. The molecule has 0 saturated carbocycles. The van der Waals surface area contributed by atoms with Crippen molar-refractivity contribution in [1.82, 2.24) is 10.3 Å². The Hall–Kier alpha value is -0.360. The maximum absolute atomic E-state index is 12.4. The minimum absolute atomic E-state index is 0.0795. The van der Waals surface area contributed by atoms with Gasteiger partial charge in [0.05, 0.1) is 21.3 Å². The van der Waals surface area contributed by atoms with Crippen LogP contribution in [0.5, 0.6) is 0 Å². The molecule has 2 atom stereocenters. The van der Waals surface area contributed by atoms with Gasteiger partial charge in [0, 0.05) is 25.8 Å². The number of piperidine rings is 1. The van der Waals surface area contributed by atoms with Gasteiger partial charge in [0.1, 0.15) is 0 Å². The molecule has 0 amide bonds. The molecular formula is C13H18BrClN2O2. The number of ether oxygens (including phenoxy) is 1. The summed E-state index contributed by atoms with van der Waals surface area (Å²) in [6.07, 6.45) is 1.53. The van der Waals surface area contributed by atoms with Gasteiger partial charge in [-0.15, -0.1) is 0 Å². The van der Waals surface area contributed by atoms with Crippen LogP contribution < -0.4 is 5.32 Å². The van der Waals surface area contributed by atoms with Crippen molar-refractivity contribution in [2.75, 3.05) is 20.2 Å². The Morgan fingerprint density at radius 2 is 2.32 bits per heavy atom. The van der Waals surface area contributed by atoms with E-state index in [0.717, 1.165) is 25.2 Å². The van der Waals surface area contributed by atoms with Gasteiger partial charge in [-0.3, -0.25) is 4.79 Å². The number of carbonyl (C=O) groups is 1. The molecule has 0 spiro atoms. The smallest absolute Gasteiger partial charge is 0.180 e. The lowest BCUT2D eigenvalue weighted by molar-refractivity contribution is 0.0299. The van der Waals surface area contributed by atoms with Crippen molar-refractivity contribution in [2.24, 2.45) is 5.92 Å². The lowest BCUT2D eigenvalue weighted by atomic mass is 9.89. The van der Waals surface area contributed by atoms with Crippen molar-refractivity contribution in [3.63, 3.8) is 0 Å². The van der Waals surface area contributed by atoms with E-state index in [1.165, 1.54) is 0 Å². The highest BCUT2D eigenvalue weighted by atomic mass is 79.9. The summed E-state index contributed by atoms with van der Waals surface area (Å²) in [6.45, 7) is 3.59. The molecule has 2 N–H and O–H groups in total. The van der Waals surface area contributed by atoms with Crippen LogP contribution in [0.1, 0.15) is 29.0 Å². The number of aryl methyl sites for hydroxylation is 1. The third-order valence-corrected chi connectivity index (χ3v) is 5.14. The van der Waals surface area contributed by atoms with Crippen molar-refractivity contribution in [3.05, 3.63) is 20.9 Å². The zero-order chi connectivity index (χ0) is 14.0. The predicted octanol–water partition coefficient (Wildman–Crippen LogP) is 2.94. The van der Waals surface area contributed by atoms with Crippen molar-refractivity contribution in [1.29, 1.82) is 0 Å². The summed E-state index contributed by atoms with van der Waals surface area (Å²) in [4.78, 5) is 15.4. The second-order valence-electron chi connectivity index (χ2n) is 4.91. The second kappa shape index (κ2) is 6.39. The molecule has 1 saturated heterocycles. The fourth-order valence-electron chi connectivity index (χ4n) is 2.50. The summed E-state index contributed by atoms with van der Waals surface area (Å²) < 4.78 is 6.10. The number of halogens is 2. The minimum atomic E-state index is 0.0795. The molecule has 0 aromatic carbocycles. The Labute approximate surface area is 126 Å². The van der Waals surface area contributed by atoms with Gasteiger partial charge in [0.25, 0.3) is 0 Å². The average molecular weight is 350 g/mol. The number of hydrogen-bond donors (Lipinski definition) is 2. The van der Waals surface area contributed by atoms with E-state index in [1.807, 2.05) is 6.92 Å². The normalized spacial score (nSPS) is 23.6. The molecule has 19 heavy (non-hydrogen) atoms. The summed E-state index contributed by atoms with van der Waals surface area (Å²) in [7, 11) is 1.70. The van der Waals surface area contributed by atoms with Gasteiger partial charge in [-0.25, -0.2) is 0 Å². The Morgan fingerprint density at radius 1 is 1.58 bits per heavy atom. The number of aromatic nitrogens is 1. The molecule has 2 rings (SSSR count). The van der Waals surface area contributed by atoms with E-state index in [0.29, 0.717) is 21.6 Å². The Morgan fingerprint density at radius 3 is 2.89 bits per heavy atom. The molecular weight excluding hydrogens is 332 g/mol. The summed E-state index contributed by atoms with van der Waals surface area (Å²) in [5.41, 5.74) is 1.38. The first-order valence-corrected chi connectivity index (χ1v) is 7.52. The highest BCUT2D eigenvalue weighted by molar-refractivity contribution is 9.10. The zero-order valence-electron chi connectivity index (χ0n) is 11.1. The molecule has 1 aliphatic heterocycles. The van der Waals surface area contributed by atoms with Crippen LogP contribution in [-0.4, -0.2) is 37.1 Å². The van der Waals surface area contributed by atoms with Crippen molar-refractivity contribution >= 4 is 33.3 Å². The van der Waals surface area contributed by atoms with Crippen LogP contribution >= 0.6 is 27.5 Å². The summed E-state index contributed by atoms with van der Waals surface area (Å²) in [5, 5.41) is 3.86. The van der Waals surface area contributed by atoms with Crippen LogP contribution in [0.25, 0.3) is 0 Å². The summed E-state index contributed by atoms with van der Waals surface area (Å²) in [5.74, 6) is 0.337. The molecule has 0 bridgehead atoms. The molecule has 106 valence electrons. The fourth-order valence-corrected chi connectivity index (χ4v) is 3.26. The van der Waals surface area contributed by atoms with E-state index in [-0.39, 0.29) is 17.8 Å². The van der Waals surface area contributed by atoms with Gasteiger partial charge in [-0.05, 0) is 41.7 Å². The molecule has 6 heteroatoms. The SMILES string of the molecule is CO[C@H]1CNCC[C@H]1CC(=O)c1[nH]c(C)c(Cl)c1Br. The van der Waals surface area contributed by atoms with Crippen molar-refractivity contribution < 1.29 is 9.53 Å². The van der Waals surface area contributed by atoms with Crippen LogP contribution in [0.4, 0.5) is 0 Å². The number of carbonyl (C=O) groups excluding carboxylic acids is 1. The first kappa shape index (κ1) is 15.0. The maximum Gasteiger partial charge on any atom is 0.180 e. The number of H-pyrrole nitrogens is 1. The molecule has 1 aromatic rings. The number of ketones is 1. The highest BCUT2D eigenvalue weighted by Gasteiger charge is 2.28. The quantitative estimate of drug-likeness (QED) is 0.822. The van der Waals surface area contributed by atoms with Gasteiger partial charge in [-0.2, -0.15) is 0 Å².